The Balaban J connectivity index is 1.50. The maximum atomic E-state index is 13.3. The Morgan fingerprint density at radius 1 is 0.969 bits per heavy atom. The molecule has 2 aliphatic heterocycles. The zero-order chi connectivity index (χ0) is 22.9. The normalized spacial score (nSPS) is 19.3. The van der Waals surface area contributed by atoms with Crippen LogP contribution in [0, 0.1) is 6.92 Å². The molecule has 4 rings (SSSR count). The molecule has 1 aromatic heterocycles. The van der Waals surface area contributed by atoms with Gasteiger partial charge in [0.15, 0.2) is 0 Å². The van der Waals surface area contributed by atoms with Gasteiger partial charge in [0.1, 0.15) is 0 Å². The standard InChI is InChI=1S/C23H29ClN4O3S/c1-17-3-8-21(23(29)27-15-13-26(2)14-16-27)22(25-17)18-9-11-28(12-10-18)32(30,31)20-6-4-19(24)5-7-20/h3-8,18H,9-16H2,1-2H3. The lowest BCUT2D eigenvalue weighted by atomic mass is 9.90. The van der Waals surface area contributed by atoms with Crippen molar-refractivity contribution in [2.45, 2.75) is 30.6 Å². The van der Waals surface area contributed by atoms with Crippen molar-refractivity contribution < 1.29 is 13.2 Å². The fraction of sp³-hybridized carbons (Fsp3) is 0.478. The molecule has 2 aromatic rings. The highest BCUT2D eigenvalue weighted by Crippen LogP contribution is 2.32. The van der Waals surface area contributed by atoms with Crippen LogP contribution in [0.25, 0.3) is 0 Å². The van der Waals surface area contributed by atoms with E-state index in [-0.39, 0.29) is 16.7 Å². The Morgan fingerprint density at radius 2 is 1.59 bits per heavy atom. The number of nitrogens with zero attached hydrogens (tertiary/aromatic N) is 4. The fourth-order valence-electron chi connectivity index (χ4n) is 4.37. The SMILES string of the molecule is Cc1ccc(C(=O)N2CCN(C)CC2)c(C2CCN(S(=O)(=O)c3ccc(Cl)cc3)CC2)n1. The van der Waals surface area contributed by atoms with Gasteiger partial charge in [-0.05, 0) is 63.2 Å². The topological polar surface area (TPSA) is 73.8 Å². The third kappa shape index (κ3) is 4.83. The summed E-state index contributed by atoms with van der Waals surface area (Å²) in [5.74, 6) is 0.0785. The van der Waals surface area contributed by atoms with E-state index >= 15 is 0 Å². The second kappa shape index (κ2) is 9.47. The molecule has 0 atom stereocenters. The molecule has 7 nitrogen and oxygen atoms in total. The van der Waals surface area contributed by atoms with Crippen LogP contribution in [0.1, 0.15) is 40.5 Å². The summed E-state index contributed by atoms with van der Waals surface area (Å²) in [6.45, 7) is 5.86. The number of halogens is 1. The van der Waals surface area contributed by atoms with Crippen LogP contribution in [0.4, 0.5) is 0 Å². The van der Waals surface area contributed by atoms with Gasteiger partial charge in [-0.15, -0.1) is 0 Å². The highest BCUT2D eigenvalue weighted by atomic mass is 35.5. The monoisotopic (exact) mass is 476 g/mol. The van der Waals surface area contributed by atoms with Crippen molar-refractivity contribution in [1.82, 2.24) is 19.1 Å². The summed E-state index contributed by atoms with van der Waals surface area (Å²) < 4.78 is 27.5. The van der Waals surface area contributed by atoms with E-state index in [2.05, 4.69) is 11.9 Å². The molecule has 0 aliphatic carbocycles. The lowest BCUT2D eigenvalue weighted by Gasteiger charge is -2.34. The first-order chi connectivity index (χ1) is 15.3. The molecular formula is C23H29ClN4O3S. The molecule has 0 bridgehead atoms. The zero-order valence-corrected chi connectivity index (χ0v) is 20.1. The van der Waals surface area contributed by atoms with E-state index in [0.717, 1.165) is 24.5 Å². The minimum Gasteiger partial charge on any atom is -0.336 e. The molecule has 9 heteroatoms. The van der Waals surface area contributed by atoms with Gasteiger partial charge in [0.05, 0.1) is 16.2 Å². The smallest absolute Gasteiger partial charge is 0.255 e. The number of aromatic nitrogens is 1. The number of amides is 1. The van der Waals surface area contributed by atoms with E-state index in [1.54, 1.807) is 24.3 Å². The molecule has 2 fully saturated rings. The van der Waals surface area contributed by atoms with Crippen molar-refractivity contribution in [3.05, 3.63) is 58.4 Å². The van der Waals surface area contributed by atoms with Crippen LogP contribution < -0.4 is 0 Å². The molecule has 0 unspecified atom stereocenters. The summed E-state index contributed by atoms with van der Waals surface area (Å²) in [4.78, 5) is 22.4. The number of benzene rings is 1. The maximum absolute atomic E-state index is 13.3. The van der Waals surface area contributed by atoms with Gasteiger partial charge in [0.25, 0.3) is 5.91 Å². The summed E-state index contributed by atoms with van der Waals surface area (Å²) in [5.41, 5.74) is 2.32. The Labute approximate surface area is 195 Å². The van der Waals surface area contributed by atoms with Crippen molar-refractivity contribution in [2.75, 3.05) is 46.3 Å². The van der Waals surface area contributed by atoms with Crippen LogP contribution >= 0.6 is 11.6 Å². The number of aryl methyl sites for hydroxylation is 1. The van der Waals surface area contributed by atoms with E-state index in [4.69, 9.17) is 16.6 Å². The average Bonchev–Trinajstić information content (AvgIpc) is 2.79. The maximum Gasteiger partial charge on any atom is 0.255 e. The summed E-state index contributed by atoms with van der Waals surface area (Å²) in [5, 5.41) is 0.505. The molecule has 172 valence electrons. The second-order valence-corrected chi connectivity index (χ2v) is 11.0. The average molecular weight is 477 g/mol. The number of likely N-dealkylation sites (N-methyl/N-ethyl adjacent to an activating group) is 1. The molecule has 2 saturated heterocycles. The van der Waals surface area contributed by atoms with Crippen LogP contribution in [0.5, 0.6) is 0 Å². The third-order valence-corrected chi connectivity index (χ3v) is 8.54. The van der Waals surface area contributed by atoms with Gasteiger partial charge in [0.2, 0.25) is 10.0 Å². The third-order valence-electron chi connectivity index (χ3n) is 6.38. The van der Waals surface area contributed by atoms with Crippen LogP contribution in [-0.2, 0) is 10.0 Å². The Kier molecular flexibility index (Phi) is 6.86. The Morgan fingerprint density at radius 3 is 2.22 bits per heavy atom. The van der Waals surface area contributed by atoms with Crippen LogP contribution in [-0.4, -0.2) is 79.7 Å². The van der Waals surface area contributed by atoms with Gasteiger partial charge in [-0.25, -0.2) is 8.42 Å². The van der Waals surface area contributed by atoms with Gasteiger partial charge in [-0.1, -0.05) is 11.6 Å². The number of piperazine rings is 1. The van der Waals surface area contributed by atoms with E-state index in [9.17, 15) is 13.2 Å². The highest BCUT2D eigenvalue weighted by Gasteiger charge is 2.33. The lowest BCUT2D eigenvalue weighted by Crippen LogP contribution is -2.47. The van der Waals surface area contributed by atoms with Gasteiger partial charge < -0.3 is 9.80 Å². The predicted octanol–water partition coefficient (Wildman–Crippen LogP) is 3.00. The number of pyridine rings is 1. The van der Waals surface area contributed by atoms with Crippen LogP contribution in [0.3, 0.4) is 0 Å². The molecular weight excluding hydrogens is 448 g/mol. The molecule has 0 radical (unpaired) electrons. The minimum atomic E-state index is -3.57. The van der Waals surface area contributed by atoms with Gasteiger partial charge >= 0.3 is 0 Å². The first-order valence-corrected chi connectivity index (χ1v) is 12.8. The molecule has 0 saturated carbocycles. The van der Waals surface area contributed by atoms with Crippen molar-refractivity contribution in [3.63, 3.8) is 0 Å². The van der Waals surface area contributed by atoms with Crippen molar-refractivity contribution >= 4 is 27.5 Å². The predicted molar refractivity (Wildman–Crippen MR) is 125 cm³/mol. The van der Waals surface area contributed by atoms with E-state index in [0.29, 0.717) is 49.6 Å². The van der Waals surface area contributed by atoms with E-state index in [1.165, 1.54) is 4.31 Å². The second-order valence-electron chi connectivity index (χ2n) is 8.61. The first kappa shape index (κ1) is 23.2. The van der Waals surface area contributed by atoms with Gasteiger partial charge in [-0.3, -0.25) is 9.78 Å². The minimum absolute atomic E-state index is 0.0248. The summed E-state index contributed by atoms with van der Waals surface area (Å²) in [6, 6.07) is 10.0. The largest absolute Gasteiger partial charge is 0.336 e. The lowest BCUT2D eigenvalue weighted by molar-refractivity contribution is 0.0661. The summed E-state index contributed by atoms with van der Waals surface area (Å²) >= 11 is 5.90. The molecule has 2 aliphatic rings. The van der Waals surface area contributed by atoms with Crippen molar-refractivity contribution in [3.8, 4) is 0 Å². The molecule has 3 heterocycles. The van der Waals surface area contributed by atoms with Crippen molar-refractivity contribution in [2.24, 2.45) is 0 Å². The number of hydrogen-bond acceptors (Lipinski definition) is 5. The van der Waals surface area contributed by atoms with Crippen molar-refractivity contribution in [1.29, 1.82) is 0 Å². The van der Waals surface area contributed by atoms with Crippen LogP contribution in [0.2, 0.25) is 5.02 Å². The first-order valence-electron chi connectivity index (χ1n) is 11.0. The van der Waals surface area contributed by atoms with E-state index in [1.807, 2.05) is 24.0 Å². The number of carbonyl (C=O) groups excluding carboxylic acids is 1. The quantitative estimate of drug-likeness (QED) is 0.678. The number of piperidine rings is 1. The number of rotatable bonds is 4. The van der Waals surface area contributed by atoms with E-state index < -0.39 is 10.0 Å². The molecule has 1 aromatic carbocycles. The van der Waals surface area contributed by atoms with Gasteiger partial charge in [0, 0.05) is 55.9 Å². The molecule has 0 N–H and O–H groups in total. The molecule has 1 amide bonds. The molecule has 32 heavy (non-hydrogen) atoms. The van der Waals surface area contributed by atoms with Crippen LogP contribution in [0.15, 0.2) is 41.3 Å². The summed E-state index contributed by atoms with van der Waals surface area (Å²) in [6.07, 6.45) is 1.26. The zero-order valence-electron chi connectivity index (χ0n) is 18.5. The molecule has 0 spiro atoms. The highest BCUT2D eigenvalue weighted by molar-refractivity contribution is 7.89. The van der Waals surface area contributed by atoms with Gasteiger partial charge in [-0.2, -0.15) is 4.31 Å². The number of carbonyl (C=O) groups is 1. The Bertz CT molecular complexity index is 1070. The summed E-state index contributed by atoms with van der Waals surface area (Å²) in [7, 11) is -1.50. The number of sulfonamides is 1. The Hall–Kier alpha value is -2.00. The number of hydrogen-bond donors (Lipinski definition) is 0. The fourth-order valence-corrected chi connectivity index (χ4v) is 5.97.